The van der Waals surface area contributed by atoms with Gasteiger partial charge in [-0.25, -0.2) is 0 Å². The number of nitrogens with zero attached hydrogens (tertiary/aromatic N) is 1. The fourth-order valence-corrected chi connectivity index (χ4v) is 2.56. The van der Waals surface area contributed by atoms with Crippen molar-refractivity contribution in [2.24, 2.45) is 0 Å². The third-order valence-corrected chi connectivity index (χ3v) is 3.00. The molecule has 0 aliphatic heterocycles. The first kappa shape index (κ1) is 15.1. The number of esters is 1. The van der Waals surface area contributed by atoms with Crippen LogP contribution in [0.4, 0.5) is 0 Å². The quantitative estimate of drug-likeness (QED) is 0.578. The van der Waals surface area contributed by atoms with Crippen molar-refractivity contribution in [3.8, 4) is 0 Å². The standard InChI is InChI=1S/C11H11Br2NO4/c1-2-18-10(16)4-8(15)6-14-5-7(12)3-9(13)11(14)17/h3,5H,2,4,6H2,1H3. The highest BCUT2D eigenvalue weighted by Crippen LogP contribution is 2.12. The van der Waals surface area contributed by atoms with Gasteiger partial charge in [-0.1, -0.05) is 0 Å². The highest BCUT2D eigenvalue weighted by Gasteiger charge is 2.12. The van der Waals surface area contributed by atoms with Crippen molar-refractivity contribution in [3.05, 3.63) is 31.6 Å². The molecule has 0 unspecified atom stereocenters. The first-order valence-corrected chi connectivity index (χ1v) is 6.75. The summed E-state index contributed by atoms with van der Waals surface area (Å²) in [5.74, 6) is -0.954. The van der Waals surface area contributed by atoms with Crippen LogP contribution in [0, 0.1) is 0 Å². The molecule has 0 aromatic carbocycles. The Labute approximate surface area is 120 Å². The van der Waals surface area contributed by atoms with Crippen LogP contribution < -0.4 is 5.56 Å². The maximum atomic E-state index is 11.7. The fourth-order valence-electron chi connectivity index (χ4n) is 1.30. The SMILES string of the molecule is CCOC(=O)CC(=O)Cn1cc(Br)cc(Br)c1=O. The zero-order chi connectivity index (χ0) is 13.7. The Bertz CT molecular complexity index is 524. The van der Waals surface area contributed by atoms with Crippen LogP contribution in [0.5, 0.6) is 0 Å². The summed E-state index contributed by atoms with van der Waals surface area (Å²) in [6.07, 6.45) is 1.17. The van der Waals surface area contributed by atoms with E-state index in [1.165, 1.54) is 10.8 Å². The van der Waals surface area contributed by atoms with Crippen LogP contribution in [0.15, 0.2) is 26.0 Å². The summed E-state index contributed by atoms with van der Waals surface area (Å²) >= 11 is 6.32. The van der Waals surface area contributed by atoms with Crippen LogP contribution in [-0.2, 0) is 20.9 Å². The van der Waals surface area contributed by atoms with E-state index in [1.807, 2.05) is 0 Å². The molecule has 0 saturated carbocycles. The van der Waals surface area contributed by atoms with Crippen LogP contribution in [0.2, 0.25) is 0 Å². The van der Waals surface area contributed by atoms with Crippen molar-refractivity contribution in [1.82, 2.24) is 4.57 Å². The van der Waals surface area contributed by atoms with Crippen molar-refractivity contribution in [1.29, 1.82) is 0 Å². The summed E-state index contributed by atoms with van der Waals surface area (Å²) in [4.78, 5) is 34.4. The first-order valence-electron chi connectivity index (χ1n) is 5.16. The van der Waals surface area contributed by atoms with Gasteiger partial charge in [-0.3, -0.25) is 14.4 Å². The normalized spacial score (nSPS) is 10.2. The molecule has 1 aromatic heterocycles. The smallest absolute Gasteiger partial charge is 0.313 e. The van der Waals surface area contributed by atoms with Crippen LogP contribution in [0.3, 0.4) is 0 Å². The first-order chi connectivity index (χ1) is 8.43. The van der Waals surface area contributed by atoms with E-state index in [1.54, 1.807) is 13.0 Å². The number of ketones is 1. The highest BCUT2D eigenvalue weighted by atomic mass is 79.9. The lowest BCUT2D eigenvalue weighted by Crippen LogP contribution is -2.25. The van der Waals surface area contributed by atoms with Gasteiger partial charge in [0.1, 0.15) is 6.42 Å². The highest BCUT2D eigenvalue weighted by molar-refractivity contribution is 9.11. The Balaban J connectivity index is 2.76. The monoisotopic (exact) mass is 379 g/mol. The summed E-state index contributed by atoms with van der Waals surface area (Å²) in [6.45, 7) is 1.74. The topological polar surface area (TPSA) is 65.4 Å². The summed E-state index contributed by atoms with van der Waals surface area (Å²) in [5, 5.41) is 0. The van der Waals surface area contributed by atoms with Crippen molar-refractivity contribution >= 4 is 43.6 Å². The van der Waals surface area contributed by atoms with Gasteiger partial charge in [0.25, 0.3) is 5.56 Å². The third kappa shape index (κ3) is 4.38. The molecule has 0 spiro atoms. The van der Waals surface area contributed by atoms with Crippen LogP contribution in [-0.4, -0.2) is 22.9 Å². The second kappa shape index (κ2) is 6.84. The maximum Gasteiger partial charge on any atom is 0.313 e. The molecule has 18 heavy (non-hydrogen) atoms. The molecular weight excluding hydrogens is 370 g/mol. The molecule has 98 valence electrons. The van der Waals surface area contributed by atoms with E-state index in [-0.39, 0.29) is 30.9 Å². The number of hydrogen-bond acceptors (Lipinski definition) is 4. The van der Waals surface area contributed by atoms with E-state index < -0.39 is 5.97 Å². The zero-order valence-corrected chi connectivity index (χ0v) is 12.8. The number of carbonyl (C=O) groups excluding carboxylic acids is 2. The van der Waals surface area contributed by atoms with Crippen molar-refractivity contribution < 1.29 is 14.3 Å². The molecule has 1 aromatic rings. The third-order valence-electron chi connectivity index (χ3n) is 2.00. The summed E-state index contributed by atoms with van der Waals surface area (Å²) in [6, 6.07) is 1.59. The van der Waals surface area contributed by atoms with E-state index in [0.29, 0.717) is 8.95 Å². The fraction of sp³-hybridized carbons (Fsp3) is 0.364. The molecule has 7 heteroatoms. The number of Topliss-reactive ketones (excluding diaryl/α,β-unsaturated/α-hetero) is 1. The predicted molar refractivity (Wildman–Crippen MR) is 72.4 cm³/mol. The van der Waals surface area contributed by atoms with Gasteiger partial charge < -0.3 is 9.30 Å². The van der Waals surface area contributed by atoms with Gasteiger partial charge in [0.05, 0.1) is 17.6 Å². The van der Waals surface area contributed by atoms with E-state index in [2.05, 4.69) is 36.6 Å². The van der Waals surface area contributed by atoms with Gasteiger partial charge in [0.15, 0.2) is 5.78 Å². The predicted octanol–water partition coefficient (Wildman–Crippen LogP) is 1.90. The molecule has 0 fully saturated rings. The van der Waals surface area contributed by atoms with Crippen LogP contribution in [0.25, 0.3) is 0 Å². The van der Waals surface area contributed by atoms with Gasteiger partial charge >= 0.3 is 5.97 Å². The number of aromatic nitrogens is 1. The number of rotatable bonds is 5. The minimum atomic E-state index is -0.579. The molecule has 0 aliphatic rings. The molecule has 0 N–H and O–H groups in total. The lowest BCUT2D eigenvalue weighted by molar-refractivity contribution is -0.145. The molecular formula is C11H11Br2NO4. The second-order valence-corrected chi connectivity index (χ2v) is 5.23. The number of halogens is 2. The molecule has 1 rings (SSSR count). The number of hydrogen-bond donors (Lipinski definition) is 0. The molecule has 0 aliphatic carbocycles. The van der Waals surface area contributed by atoms with Gasteiger partial charge in [0, 0.05) is 10.7 Å². The van der Waals surface area contributed by atoms with E-state index in [0.717, 1.165) is 0 Å². The lowest BCUT2D eigenvalue weighted by Gasteiger charge is -2.06. The summed E-state index contributed by atoms with van der Waals surface area (Å²) in [7, 11) is 0. The number of pyridine rings is 1. The molecule has 0 saturated heterocycles. The Morgan fingerprint density at radius 2 is 2.06 bits per heavy atom. The minimum absolute atomic E-state index is 0.157. The van der Waals surface area contributed by atoms with E-state index in [4.69, 9.17) is 0 Å². The minimum Gasteiger partial charge on any atom is -0.466 e. The Morgan fingerprint density at radius 3 is 2.67 bits per heavy atom. The Kier molecular flexibility index (Phi) is 5.74. The molecule has 0 radical (unpaired) electrons. The average molecular weight is 381 g/mol. The van der Waals surface area contributed by atoms with Crippen LogP contribution >= 0.6 is 31.9 Å². The molecule has 1 heterocycles. The van der Waals surface area contributed by atoms with Crippen molar-refractivity contribution in [2.75, 3.05) is 6.61 Å². The maximum absolute atomic E-state index is 11.7. The summed E-state index contributed by atoms with van der Waals surface area (Å²) < 4.78 is 6.91. The Morgan fingerprint density at radius 1 is 1.39 bits per heavy atom. The van der Waals surface area contributed by atoms with Gasteiger partial charge in [-0.2, -0.15) is 0 Å². The molecule has 0 atom stereocenters. The molecule has 0 bridgehead atoms. The van der Waals surface area contributed by atoms with Gasteiger partial charge in [-0.05, 0) is 44.8 Å². The lowest BCUT2D eigenvalue weighted by atomic mass is 10.3. The van der Waals surface area contributed by atoms with E-state index in [9.17, 15) is 14.4 Å². The second-order valence-electron chi connectivity index (χ2n) is 3.46. The zero-order valence-electron chi connectivity index (χ0n) is 9.61. The van der Waals surface area contributed by atoms with Crippen molar-refractivity contribution in [2.45, 2.75) is 19.9 Å². The summed E-state index contributed by atoms with van der Waals surface area (Å²) in [5.41, 5.74) is -0.324. The number of ether oxygens (including phenoxy) is 1. The van der Waals surface area contributed by atoms with E-state index >= 15 is 0 Å². The van der Waals surface area contributed by atoms with Gasteiger partial charge in [-0.15, -0.1) is 0 Å². The van der Waals surface area contributed by atoms with Crippen molar-refractivity contribution in [3.63, 3.8) is 0 Å². The number of carbonyl (C=O) groups is 2. The molecule has 0 amide bonds. The largest absolute Gasteiger partial charge is 0.466 e. The average Bonchev–Trinajstić information content (AvgIpc) is 2.25. The van der Waals surface area contributed by atoms with Gasteiger partial charge in [0.2, 0.25) is 0 Å². The Hall–Kier alpha value is -0.950. The van der Waals surface area contributed by atoms with Crippen LogP contribution in [0.1, 0.15) is 13.3 Å². The molecule has 5 nitrogen and oxygen atoms in total.